The number of methoxy groups -OCH3 is 1. The molecule has 2 bridgehead atoms. The first-order valence-corrected chi connectivity index (χ1v) is 13.1. The molecule has 2 saturated heterocycles. The zero-order chi connectivity index (χ0) is 26.3. The van der Waals surface area contributed by atoms with Crippen LogP contribution in [0, 0.1) is 6.92 Å². The fourth-order valence-electron chi connectivity index (χ4n) is 5.50. The number of hydrogen-bond donors (Lipinski definition) is 2. The van der Waals surface area contributed by atoms with Crippen LogP contribution in [0.5, 0.6) is 23.1 Å². The number of ether oxygens (including phenoxy) is 3. The Morgan fingerprint density at radius 2 is 1.85 bits per heavy atom. The van der Waals surface area contributed by atoms with Crippen molar-refractivity contribution in [1.29, 1.82) is 0 Å². The average molecular weight is 525 g/mol. The van der Waals surface area contributed by atoms with E-state index in [0.29, 0.717) is 46.3 Å². The highest BCUT2D eigenvalue weighted by atomic mass is 16.5. The molecule has 0 radical (unpaired) electrons. The van der Waals surface area contributed by atoms with Crippen molar-refractivity contribution in [2.75, 3.05) is 12.4 Å². The molecule has 0 saturated carbocycles. The van der Waals surface area contributed by atoms with Gasteiger partial charge < -0.3 is 24.8 Å². The Morgan fingerprint density at radius 3 is 2.67 bits per heavy atom. The molecule has 6 heterocycles. The van der Waals surface area contributed by atoms with Gasteiger partial charge in [0, 0.05) is 36.1 Å². The van der Waals surface area contributed by atoms with Crippen LogP contribution in [-0.2, 0) is 0 Å². The van der Waals surface area contributed by atoms with Gasteiger partial charge in [0.1, 0.15) is 35.8 Å². The third-order valence-electron chi connectivity index (χ3n) is 7.39. The molecular formula is C28H28N8O3. The number of rotatable bonds is 7. The van der Waals surface area contributed by atoms with Gasteiger partial charge in [0.15, 0.2) is 17.2 Å². The minimum atomic E-state index is 0.101. The van der Waals surface area contributed by atoms with Crippen molar-refractivity contribution in [1.82, 2.24) is 34.9 Å². The van der Waals surface area contributed by atoms with Crippen molar-refractivity contribution in [3.05, 3.63) is 60.8 Å². The fraction of sp³-hybridized carbons (Fsp3) is 0.321. The van der Waals surface area contributed by atoms with E-state index in [1.54, 1.807) is 11.6 Å². The highest BCUT2D eigenvalue weighted by Crippen LogP contribution is 2.36. The molecule has 3 atom stereocenters. The topological polar surface area (TPSA) is 121 Å². The summed E-state index contributed by atoms with van der Waals surface area (Å²) in [7, 11) is 1.62. The van der Waals surface area contributed by atoms with E-state index in [2.05, 4.69) is 30.7 Å². The third-order valence-corrected chi connectivity index (χ3v) is 7.39. The fourth-order valence-corrected chi connectivity index (χ4v) is 5.50. The van der Waals surface area contributed by atoms with Gasteiger partial charge in [-0.05, 0) is 62.4 Å². The molecular weight excluding hydrogens is 496 g/mol. The largest absolute Gasteiger partial charge is 0.491 e. The number of nitrogens with zero attached hydrogens (tertiary/aromatic N) is 6. The van der Waals surface area contributed by atoms with Crippen LogP contribution in [0.4, 0.5) is 11.5 Å². The summed E-state index contributed by atoms with van der Waals surface area (Å²) >= 11 is 0. The molecule has 11 nitrogen and oxygen atoms in total. The minimum absolute atomic E-state index is 0.101. The van der Waals surface area contributed by atoms with E-state index >= 15 is 0 Å². The van der Waals surface area contributed by atoms with Gasteiger partial charge in [-0.1, -0.05) is 0 Å². The predicted octanol–water partition coefficient (Wildman–Crippen LogP) is 4.58. The Balaban J connectivity index is 1.14. The number of hydrogen-bond acceptors (Lipinski definition) is 10. The van der Waals surface area contributed by atoms with Crippen LogP contribution in [0.25, 0.3) is 16.7 Å². The van der Waals surface area contributed by atoms with Crippen LogP contribution >= 0.6 is 0 Å². The SMILES string of the molecule is COc1cc2ncnc(Nc3ccc(Oc4ccn5ncnc5c4)c(C)c3)c2nc1OC1C[C@H]2CC[C@@H](C1)N2. The van der Waals surface area contributed by atoms with Crippen LogP contribution in [0.1, 0.15) is 31.2 Å². The lowest BCUT2D eigenvalue weighted by molar-refractivity contribution is 0.127. The van der Waals surface area contributed by atoms with Gasteiger partial charge in [0.05, 0.1) is 12.6 Å². The molecule has 2 fully saturated rings. The number of pyridine rings is 2. The molecule has 1 unspecified atom stereocenters. The van der Waals surface area contributed by atoms with Crippen LogP contribution in [0.15, 0.2) is 55.2 Å². The van der Waals surface area contributed by atoms with Gasteiger partial charge in [-0.25, -0.2) is 24.5 Å². The van der Waals surface area contributed by atoms with Gasteiger partial charge in [-0.15, -0.1) is 0 Å². The Hall–Kier alpha value is -4.51. The first-order chi connectivity index (χ1) is 19.1. The van der Waals surface area contributed by atoms with Crippen LogP contribution < -0.4 is 24.8 Å². The van der Waals surface area contributed by atoms with Crippen LogP contribution in [0.2, 0.25) is 0 Å². The summed E-state index contributed by atoms with van der Waals surface area (Å²) in [6.07, 6.45) is 9.29. The number of nitrogens with one attached hydrogen (secondary N) is 2. The highest BCUT2D eigenvalue weighted by molar-refractivity contribution is 5.88. The second-order valence-electron chi connectivity index (χ2n) is 10.1. The molecule has 39 heavy (non-hydrogen) atoms. The molecule has 1 aromatic carbocycles. The van der Waals surface area contributed by atoms with E-state index in [1.807, 2.05) is 49.5 Å². The number of aryl methyl sites for hydroxylation is 1. The molecule has 2 aliphatic rings. The van der Waals surface area contributed by atoms with E-state index in [1.165, 1.54) is 25.5 Å². The maximum absolute atomic E-state index is 6.40. The van der Waals surface area contributed by atoms with Crippen molar-refractivity contribution in [2.45, 2.75) is 50.8 Å². The van der Waals surface area contributed by atoms with Gasteiger partial charge >= 0.3 is 0 Å². The molecule has 0 amide bonds. The second-order valence-corrected chi connectivity index (χ2v) is 10.1. The molecule has 0 spiro atoms. The van der Waals surface area contributed by atoms with E-state index in [4.69, 9.17) is 19.2 Å². The maximum atomic E-state index is 6.40. The number of aromatic nitrogens is 6. The Bertz CT molecular complexity index is 1660. The van der Waals surface area contributed by atoms with Crippen molar-refractivity contribution in [3.63, 3.8) is 0 Å². The van der Waals surface area contributed by atoms with Gasteiger partial charge in [0.25, 0.3) is 5.88 Å². The second kappa shape index (κ2) is 9.66. The summed E-state index contributed by atoms with van der Waals surface area (Å²) in [5.41, 5.74) is 3.81. The van der Waals surface area contributed by atoms with Crippen molar-refractivity contribution < 1.29 is 14.2 Å². The lowest BCUT2D eigenvalue weighted by atomic mass is 10.0. The molecule has 4 aromatic heterocycles. The summed E-state index contributed by atoms with van der Waals surface area (Å²) in [6.45, 7) is 2.00. The van der Waals surface area contributed by atoms with Gasteiger partial charge in [0.2, 0.25) is 0 Å². The summed E-state index contributed by atoms with van der Waals surface area (Å²) in [4.78, 5) is 17.9. The third kappa shape index (κ3) is 4.65. The monoisotopic (exact) mass is 524 g/mol. The Kier molecular flexibility index (Phi) is 5.85. The van der Waals surface area contributed by atoms with E-state index in [9.17, 15) is 0 Å². The lowest BCUT2D eigenvalue weighted by Gasteiger charge is -2.29. The van der Waals surface area contributed by atoms with E-state index in [0.717, 1.165) is 35.5 Å². The van der Waals surface area contributed by atoms with Crippen molar-refractivity contribution in [3.8, 4) is 23.1 Å². The van der Waals surface area contributed by atoms with Crippen LogP contribution in [-0.4, -0.2) is 54.8 Å². The van der Waals surface area contributed by atoms with Crippen molar-refractivity contribution >= 4 is 28.2 Å². The lowest BCUT2D eigenvalue weighted by Crippen LogP contribution is -2.42. The minimum Gasteiger partial charge on any atom is -0.491 e. The smallest absolute Gasteiger partial charge is 0.258 e. The van der Waals surface area contributed by atoms with E-state index in [-0.39, 0.29) is 6.10 Å². The number of benzene rings is 1. The predicted molar refractivity (Wildman–Crippen MR) is 145 cm³/mol. The quantitative estimate of drug-likeness (QED) is 0.313. The first-order valence-electron chi connectivity index (χ1n) is 13.1. The summed E-state index contributed by atoms with van der Waals surface area (Å²) in [6, 6.07) is 12.5. The number of anilines is 2. The summed E-state index contributed by atoms with van der Waals surface area (Å²) in [5.74, 6) is 3.06. The summed E-state index contributed by atoms with van der Waals surface area (Å²) < 4.78 is 19.8. The zero-order valence-electron chi connectivity index (χ0n) is 21.7. The maximum Gasteiger partial charge on any atom is 0.258 e. The molecule has 5 aromatic rings. The first kappa shape index (κ1) is 23.6. The zero-order valence-corrected chi connectivity index (χ0v) is 21.7. The molecule has 2 N–H and O–H groups in total. The molecule has 11 heteroatoms. The Morgan fingerprint density at radius 1 is 0.974 bits per heavy atom. The molecule has 2 aliphatic heterocycles. The highest BCUT2D eigenvalue weighted by Gasteiger charge is 2.35. The van der Waals surface area contributed by atoms with E-state index < -0.39 is 0 Å². The molecule has 198 valence electrons. The average Bonchev–Trinajstić information content (AvgIpc) is 3.55. The normalized spacial score (nSPS) is 20.3. The van der Waals surface area contributed by atoms with Crippen molar-refractivity contribution in [2.24, 2.45) is 0 Å². The van der Waals surface area contributed by atoms with Gasteiger partial charge in [-0.2, -0.15) is 5.10 Å². The van der Waals surface area contributed by atoms with Crippen LogP contribution in [0.3, 0.4) is 0 Å². The van der Waals surface area contributed by atoms with Gasteiger partial charge in [-0.3, -0.25) is 0 Å². The summed E-state index contributed by atoms with van der Waals surface area (Å²) in [5, 5.41) is 11.2. The molecule has 7 rings (SSSR count). The number of fused-ring (bicyclic) bond motifs is 4. The Labute approximate surface area is 224 Å². The standard InChI is InChI=1S/C28H28N8O3/c1-16-9-17(5-6-23(16)38-20-7-8-36-25(12-20)30-15-32-36)34-27-26-22(29-14-31-27)13-24(37-2)28(35-26)39-21-10-18-3-4-19(11-21)33-18/h5-9,12-15,18-19,21,33H,3-4,10-11H2,1-2H3,(H,29,31,34)/t18-,19+,21?. The molecule has 0 aliphatic carbocycles. The number of piperidine rings is 1.